The maximum atomic E-state index is 12.6. The Morgan fingerprint density at radius 3 is 2.41 bits per heavy atom. The zero-order valence-electron chi connectivity index (χ0n) is 17.0. The highest BCUT2D eigenvalue weighted by atomic mass is 32.2. The number of esters is 1. The molecule has 166 valence electrons. The molecule has 10 nitrogen and oxygen atoms in total. The molecule has 1 saturated heterocycles. The van der Waals surface area contributed by atoms with Crippen LogP contribution in [0.5, 0.6) is 0 Å². The van der Waals surface area contributed by atoms with E-state index in [1.54, 1.807) is 19.1 Å². The molecular formula is C21H19N3O7S. The zero-order valence-corrected chi connectivity index (χ0v) is 17.8. The summed E-state index contributed by atoms with van der Waals surface area (Å²) in [4.78, 5) is 60.0. The molecule has 0 spiro atoms. The highest BCUT2D eigenvalue weighted by Crippen LogP contribution is 2.30. The molecule has 0 aromatic heterocycles. The van der Waals surface area contributed by atoms with Gasteiger partial charge in [0.1, 0.15) is 0 Å². The van der Waals surface area contributed by atoms with E-state index in [-0.39, 0.29) is 36.1 Å². The van der Waals surface area contributed by atoms with Crippen molar-refractivity contribution in [3.63, 3.8) is 0 Å². The van der Waals surface area contributed by atoms with E-state index in [1.165, 1.54) is 36.4 Å². The molecule has 1 heterocycles. The van der Waals surface area contributed by atoms with Crippen LogP contribution in [0, 0.1) is 10.1 Å². The van der Waals surface area contributed by atoms with Crippen molar-refractivity contribution in [2.24, 2.45) is 0 Å². The number of hydrogen-bond acceptors (Lipinski definition) is 8. The van der Waals surface area contributed by atoms with Crippen molar-refractivity contribution in [1.82, 2.24) is 0 Å². The van der Waals surface area contributed by atoms with E-state index >= 15 is 0 Å². The van der Waals surface area contributed by atoms with E-state index < -0.39 is 28.0 Å². The third-order valence-corrected chi connectivity index (χ3v) is 5.72. The Morgan fingerprint density at radius 2 is 1.81 bits per heavy atom. The number of anilines is 2. The molecule has 1 aliphatic heterocycles. The van der Waals surface area contributed by atoms with E-state index in [0.717, 1.165) is 16.7 Å². The summed E-state index contributed by atoms with van der Waals surface area (Å²) >= 11 is 1.04. The first-order valence-electron chi connectivity index (χ1n) is 9.60. The summed E-state index contributed by atoms with van der Waals surface area (Å²) in [6, 6.07) is 11.3. The predicted octanol–water partition coefficient (Wildman–Crippen LogP) is 2.78. The Labute approximate surface area is 187 Å². The second kappa shape index (κ2) is 10.1. The number of amides is 3. The van der Waals surface area contributed by atoms with Crippen LogP contribution in [0.25, 0.3) is 0 Å². The quantitative estimate of drug-likeness (QED) is 0.277. The van der Waals surface area contributed by atoms with Gasteiger partial charge in [0.2, 0.25) is 17.7 Å². The number of nitrogens with zero attached hydrogens (tertiary/aromatic N) is 2. The van der Waals surface area contributed by atoms with Gasteiger partial charge in [-0.3, -0.25) is 24.5 Å². The average molecular weight is 457 g/mol. The monoisotopic (exact) mass is 457 g/mol. The summed E-state index contributed by atoms with van der Waals surface area (Å²) in [6.45, 7) is 1.97. The van der Waals surface area contributed by atoms with Crippen LogP contribution in [0.2, 0.25) is 0 Å². The number of thioether (sulfide) groups is 1. The second-order valence-corrected chi connectivity index (χ2v) is 7.88. The number of carbonyl (C=O) groups excluding carboxylic acids is 4. The van der Waals surface area contributed by atoms with Gasteiger partial charge < -0.3 is 10.1 Å². The SMILES string of the molecule is CCOC(=O)c1ccc(NC(=O)CSC2CC(=O)N(c3ccc([N+](=O)[O-])cc3)C2=O)cc1. The van der Waals surface area contributed by atoms with Crippen LogP contribution in [-0.4, -0.2) is 46.2 Å². The van der Waals surface area contributed by atoms with Gasteiger partial charge in [0.25, 0.3) is 5.69 Å². The number of nitro benzene ring substituents is 1. The smallest absolute Gasteiger partial charge is 0.338 e. The largest absolute Gasteiger partial charge is 0.462 e. The third-order valence-electron chi connectivity index (χ3n) is 4.52. The summed E-state index contributed by atoms with van der Waals surface area (Å²) in [5, 5.41) is 12.7. The fraction of sp³-hybridized carbons (Fsp3) is 0.238. The van der Waals surface area contributed by atoms with Crippen molar-refractivity contribution < 1.29 is 28.8 Å². The fourth-order valence-electron chi connectivity index (χ4n) is 3.01. The Kier molecular flexibility index (Phi) is 7.21. The normalized spacial score (nSPS) is 15.5. The number of nitro groups is 1. The lowest BCUT2D eigenvalue weighted by Crippen LogP contribution is -2.31. The van der Waals surface area contributed by atoms with Gasteiger partial charge in [0.15, 0.2) is 0 Å². The van der Waals surface area contributed by atoms with Crippen LogP contribution >= 0.6 is 11.8 Å². The highest BCUT2D eigenvalue weighted by Gasteiger charge is 2.40. The number of non-ortho nitro benzene ring substituents is 1. The van der Waals surface area contributed by atoms with E-state index in [0.29, 0.717) is 11.3 Å². The number of carbonyl (C=O) groups is 4. The fourth-order valence-corrected chi connectivity index (χ4v) is 3.94. The second-order valence-electron chi connectivity index (χ2n) is 6.69. The molecule has 1 fully saturated rings. The lowest BCUT2D eigenvalue weighted by Gasteiger charge is -2.14. The van der Waals surface area contributed by atoms with Crippen molar-refractivity contribution in [2.75, 3.05) is 22.6 Å². The summed E-state index contributed by atoms with van der Waals surface area (Å²) in [5.41, 5.74) is 0.941. The molecule has 1 aliphatic rings. The molecule has 0 radical (unpaired) electrons. The molecule has 0 saturated carbocycles. The highest BCUT2D eigenvalue weighted by molar-refractivity contribution is 8.01. The van der Waals surface area contributed by atoms with Crippen molar-refractivity contribution >= 4 is 52.5 Å². The first kappa shape index (κ1) is 22.9. The van der Waals surface area contributed by atoms with Crippen molar-refractivity contribution in [1.29, 1.82) is 0 Å². The Bertz CT molecular complexity index is 1050. The summed E-state index contributed by atoms with van der Waals surface area (Å²) in [6.07, 6.45) is -0.0675. The van der Waals surface area contributed by atoms with Gasteiger partial charge in [-0.05, 0) is 43.3 Å². The van der Waals surface area contributed by atoms with Gasteiger partial charge in [0, 0.05) is 24.2 Å². The van der Waals surface area contributed by atoms with Gasteiger partial charge in [-0.25, -0.2) is 9.69 Å². The van der Waals surface area contributed by atoms with Crippen LogP contribution in [0.1, 0.15) is 23.7 Å². The minimum Gasteiger partial charge on any atom is -0.462 e. The summed E-state index contributed by atoms with van der Waals surface area (Å²) < 4.78 is 4.90. The van der Waals surface area contributed by atoms with Gasteiger partial charge in [-0.1, -0.05) is 0 Å². The molecule has 3 rings (SSSR count). The Morgan fingerprint density at radius 1 is 1.16 bits per heavy atom. The average Bonchev–Trinajstić information content (AvgIpc) is 3.06. The number of hydrogen-bond donors (Lipinski definition) is 1. The standard InChI is InChI=1S/C21H19N3O7S/c1-2-31-21(28)13-3-5-14(6-4-13)22-18(25)12-32-17-11-19(26)23(20(17)27)15-7-9-16(10-8-15)24(29)30/h3-10,17H,2,11-12H2,1H3,(H,22,25). The number of nitrogens with one attached hydrogen (secondary N) is 1. The summed E-state index contributed by atoms with van der Waals surface area (Å²) in [5.74, 6) is -1.79. The number of ether oxygens (including phenoxy) is 1. The molecule has 1 atom stereocenters. The topological polar surface area (TPSA) is 136 Å². The molecule has 0 bridgehead atoms. The number of imide groups is 1. The molecule has 1 unspecified atom stereocenters. The van der Waals surface area contributed by atoms with Crippen LogP contribution in [0.15, 0.2) is 48.5 Å². The van der Waals surface area contributed by atoms with Crippen LogP contribution < -0.4 is 10.2 Å². The molecule has 32 heavy (non-hydrogen) atoms. The lowest BCUT2D eigenvalue weighted by atomic mass is 10.2. The van der Waals surface area contributed by atoms with E-state index in [4.69, 9.17) is 4.74 Å². The third kappa shape index (κ3) is 5.30. The molecule has 1 N–H and O–H groups in total. The molecule has 0 aliphatic carbocycles. The Balaban J connectivity index is 1.55. The molecule has 11 heteroatoms. The minimum atomic E-state index is -0.727. The van der Waals surface area contributed by atoms with Crippen LogP contribution in [-0.2, 0) is 19.1 Å². The minimum absolute atomic E-state index is 0.0581. The maximum Gasteiger partial charge on any atom is 0.338 e. The lowest BCUT2D eigenvalue weighted by molar-refractivity contribution is -0.384. The Hall–Kier alpha value is -3.73. The van der Waals surface area contributed by atoms with Gasteiger partial charge >= 0.3 is 5.97 Å². The van der Waals surface area contributed by atoms with E-state index in [9.17, 15) is 29.3 Å². The van der Waals surface area contributed by atoms with Crippen molar-refractivity contribution in [3.8, 4) is 0 Å². The van der Waals surface area contributed by atoms with Gasteiger partial charge in [-0.15, -0.1) is 11.8 Å². The molecule has 2 aromatic carbocycles. The van der Waals surface area contributed by atoms with Gasteiger partial charge in [-0.2, -0.15) is 0 Å². The van der Waals surface area contributed by atoms with Crippen molar-refractivity contribution in [3.05, 3.63) is 64.2 Å². The van der Waals surface area contributed by atoms with Crippen LogP contribution in [0.4, 0.5) is 17.1 Å². The van der Waals surface area contributed by atoms with E-state index in [2.05, 4.69) is 5.32 Å². The molecule has 2 aromatic rings. The van der Waals surface area contributed by atoms with E-state index in [1.807, 2.05) is 0 Å². The maximum absolute atomic E-state index is 12.6. The molecular weight excluding hydrogens is 438 g/mol. The summed E-state index contributed by atoms with van der Waals surface area (Å²) in [7, 11) is 0. The molecule has 3 amide bonds. The first-order valence-corrected chi connectivity index (χ1v) is 10.6. The number of rotatable bonds is 8. The van der Waals surface area contributed by atoms with Gasteiger partial charge in [0.05, 0.1) is 33.8 Å². The predicted molar refractivity (Wildman–Crippen MR) is 117 cm³/mol. The van der Waals surface area contributed by atoms with Crippen LogP contribution in [0.3, 0.4) is 0 Å². The number of benzene rings is 2. The van der Waals surface area contributed by atoms with Crippen molar-refractivity contribution in [2.45, 2.75) is 18.6 Å². The zero-order chi connectivity index (χ0) is 23.3. The first-order chi connectivity index (χ1) is 15.3.